The van der Waals surface area contributed by atoms with E-state index in [1.54, 1.807) is 36.0 Å². The van der Waals surface area contributed by atoms with Gasteiger partial charge in [-0.25, -0.2) is 0 Å². The number of hydrogen-bond donors (Lipinski definition) is 1. The summed E-state index contributed by atoms with van der Waals surface area (Å²) in [5.41, 5.74) is 1.44. The molecule has 0 atom stereocenters. The van der Waals surface area contributed by atoms with Crippen LogP contribution in [0.4, 0.5) is 0 Å². The summed E-state index contributed by atoms with van der Waals surface area (Å²) in [6, 6.07) is 14.4. The summed E-state index contributed by atoms with van der Waals surface area (Å²) in [6.07, 6.45) is 2.13. The molecule has 126 valence electrons. The van der Waals surface area contributed by atoms with Crippen LogP contribution < -0.4 is 5.32 Å². The molecular formula is C18H18ClNO3S. The second kappa shape index (κ2) is 9.35. The van der Waals surface area contributed by atoms with E-state index in [0.717, 1.165) is 10.5 Å². The number of rotatable bonds is 7. The molecule has 6 heteroatoms. The fraction of sp³-hybridized carbons (Fsp3) is 0.222. The van der Waals surface area contributed by atoms with Gasteiger partial charge in [-0.3, -0.25) is 9.59 Å². The van der Waals surface area contributed by atoms with E-state index in [9.17, 15) is 9.59 Å². The van der Waals surface area contributed by atoms with Gasteiger partial charge in [0.2, 0.25) is 0 Å². The third-order valence-corrected chi connectivity index (χ3v) is 4.28. The summed E-state index contributed by atoms with van der Waals surface area (Å²) in [7, 11) is 0. The Labute approximate surface area is 150 Å². The van der Waals surface area contributed by atoms with E-state index < -0.39 is 0 Å². The summed E-state index contributed by atoms with van der Waals surface area (Å²) in [5.74, 6) is -0.590. The van der Waals surface area contributed by atoms with Gasteiger partial charge >= 0.3 is 5.97 Å². The Morgan fingerprint density at radius 3 is 2.38 bits per heavy atom. The highest BCUT2D eigenvalue weighted by atomic mass is 35.5. The van der Waals surface area contributed by atoms with Gasteiger partial charge in [0.1, 0.15) is 6.61 Å². The Morgan fingerprint density at radius 2 is 1.75 bits per heavy atom. The fourth-order valence-electron chi connectivity index (χ4n) is 1.94. The van der Waals surface area contributed by atoms with Crippen molar-refractivity contribution >= 4 is 35.2 Å². The topological polar surface area (TPSA) is 55.4 Å². The molecule has 2 rings (SSSR count). The van der Waals surface area contributed by atoms with E-state index >= 15 is 0 Å². The lowest BCUT2D eigenvalue weighted by atomic mass is 10.2. The minimum absolute atomic E-state index is 0.127. The van der Waals surface area contributed by atoms with Crippen molar-refractivity contribution in [2.75, 3.05) is 12.8 Å². The van der Waals surface area contributed by atoms with Crippen molar-refractivity contribution in [2.24, 2.45) is 0 Å². The Morgan fingerprint density at radius 1 is 1.08 bits per heavy atom. The van der Waals surface area contributed by atoms with Crippen molar-refractivity contribution in [1.29, 1.82) is 0 Å². The minimum Gasteiger partial charge on any atom is -0.461 e. The monoisotopic (exact) mass is 363 g/mol. The van der Waals surface area contributed by atoms with Gasteiger partial charge < -0.3 is 10.1 Å². The zero-order valence-electron chi connectivity index (χ0n) is 13.3. The molecule has 0 saturated heterocycles. The molecular weight excluding hydrogens is 346 g/mol. The standard InChI is InChI=1S/C18H18ClNO3S/c1-24-16-8-2-13(3-9-16)12-23-17(21)10-11-20-18(22)14-4-6-15(19)7-5-14/h2-9H,10-12H2,1H3,(H,20,22). The fourth-order valence-corrected chi connectivity index (χ4v) is 2.47. The maximum atomic E-state index is 11.9. The van der Waals surface area contributed by atoms with E-state index in [1.807, 2.05) is 30.5 Å². The van der Waals surface area contributed by atoms with Crippen LogP contribution in [0.25, 0.3) is 0 Å². The van der Waals surface area contributed by atoms with Gasteiger partial charge in [0.25, 0.3) is 5.91 Å². The number of carbonyl (C=O) groups is 2. The molecule has 0 aliphatic heterocycles. The van der Waals surface area contributed by atoms with Crippen LogP contribution in [0.5, 0.6) is 0 Å². The van der Waals surface area contributed by atoms with Crippen molar-refractivity contribution in [1.82, 2.24) is 5.32 Å². The molecule has 0 heterocycles. The SMILES string of the molecule is CSc1ccc(COC(=O)CCNC(=O)c2ccc(Cl)cc2)cc1. The number of hydrogen-bond acceptors (Lipinski definition) is 4. The molecule has 4 nitrogen and oxygen atoms in total. The molecule has 0 bridgehead atoms. The van der Waals surface area contributed by atoms with Crippen molar-refractivity contribution in [3.8, 4) is 0 Å². The second-order valence-corrected chi connectivity index (χ2v) is 6.34. The molecule has 0 fully saturated rings. The summed E-state index contributed by atoms with van der Waals surface area (Å²) >= 11 is 7.43. The molecule has 24 heavy (non-hydrogen) atoms. The number of esters is 1. The van der Waals surface area contributed by atoms with Crippen LogP contribution in [0, 0.1) is 0 Å². The highest BCUT2D eigenvalue weighted by Crippen LogP contribution is 2.15. The minimum atomic E-state index is -0.347. The normalized spacial score (nSPS) is 10.2. The first-order chi connectivity index (χ1) is 11.6. The van der Waals surface area contributed by atoms with Crippen LogP contribution in [0.3, 0.4) is 0 Å². The molecule has 2 aromatic carbocycles. The van der Waals surface area contributed by atoms with Gasteiger partial charge in [-0.1, -0.05) is 23.7 Å². The average molecular weight is 364 g/mol. The van der Waals surface area contributed by atoms with Crippen LogP contribution in [-0.4, -0.2) is 24.7 Å². The van der Waals surface area contributed by atoms with Crippen molar-refractivity contribution < 1.29 is 14.3 Å². The average Bonchev–Trinajstić information content (AvgIpc) is 2.61. The van der Waals surface area contributed by atoms with Gasteiger partial charge in [-0.15, -0.1) is 11.8 Å². The first-order valence-corrected chi connectivity index (χ1v) is 9.01. The molecule has 0 spiro atoms. The third kappa shape index (κ3) is 5.91. The van der Waals surface area contributed by atoms with E-state index in [2.05, 4.69) is 5.32 Å². The van der Waals surface area contributed by atoms with E-state index in [0.29, 0.717) is 10.6 Å². The van der Waals surface area contributed by atoms with Crippen molar-refractivity contribution in [3.63, 3.8) is 0 Å². The number of benzene rings is 2. The molecule has 0 saturated carbocycles. The Hall–Kier alpha value is -1.98. The van der Waals surface area contributed by atoms with Crippen molar-refractivity contribution in [3.05, 3.63) is 64.7 Å². The van der Waals surface area contributed by atoms with Gasteiger partial charge in [-0.05, 0) is 48.2 Å². The lowest BCUT2D eigenvalue weighted by Crippen LogP contribution is -2.26. The van der Waals surface area contributed by atoms with Crippen LogP contribution in [0.2, 0.25) is 5.02 Å². The third-order valence-electron chi connectivity index (χ3n) is 3.28. The number of thioether (sulfide) groups is 1. The molecule has 1 N–H and O–H groups in total. The van der Waals surface area contributed by atoms with Crippen LogP contribution in [0.15, 0.2) is 53.4 Å². The molecule has 0 radical (unpaired) electrons. The number of amides is 1. The van der Waals surface area contributed by atoms with E-state index in [-0.39, 0.29) is 31.4 Å². The predicted molar refractivity (Wildman–Crippen MR) is 96.4 cm³/mol. The van der Waals surface area contributed by atoms with Gasteiger partial charge in [0.15, 0.2) is 0 Å². The Balaban J connectivity index is 1.69. The Bertz CT molecular complexity index is 686. The number of halogens is 1. The second-order valence-electron chi connectivity index (χ2n) is 5.02. The van der Waals surface area contributed by atoms with Gasteiger partial charge in [0, 0.05) is 22.0 Å². The molecule has 1 amide bonds. The van der Waals surface area contributed by atoms with E-state index in [1.165, 1.54) is 0 Å². The largest absolute Gasteiger partial charge is 0.461 e. The summed E-state index contributed by atoms with van der Waals surface area (Å²) in [4.78, 5) is 24.7. The number of ether oxygens (including phenoxy) is 1. The summed E-state index contributed by atoms with van der Waals surface area (Å²) < 4.78 is 5.19. The summed E-state index contributed by atoms with van der Waals surface area (Å²) in [5, 5.41) is 3.25. The van der Waals surface area contributed by atoms with Crippen molar-refractivity contribution in [2.45, 2.75) is 17.9 Å². The molecule has 2 aromatic rings. The predicted octanol–water partition coefficient (Wildman–Crippen LogP) is 3.93. The van der Waals surface area contributed by atoms with Crippen LogP contribution >= 0.6 is 23.4 Å². The van der Waals surface area contributed by atoms with Crippen LogP contribution in [0.1, 0.15) is 22.3 Å². The Kier molecular flexibility index (Phi) is 7.15. The molecule has 0 aromatic heterocycles. The van der Waals surface area contributed by atoms with Crippen LogP contribution in [-0.2, 0) is 16.1 Å². The van der Waals surface area contributed by atoms with Gasteiger partial charge in [0.05, 0.1) is 6.42 Å². The van der Waals surface area contributed by atoms with Gasteiger partial charge in [-0.2, -0.15) is 0 Å². The summed E-state index contributed by atoms with van der Waals surface area (Å²) in [6.45, 7) is 0.463. The maximum Gasteiger partial charge on any atom is 0.307 e. The quantitative estimate of drug-likeness (QED) is 0.598. The molecule has 0 aliphatic rings. The molecule has 0 aliphatic carbocycles. The smallest absolute Gasteiger partial charge is 0.307 e. The van der Waals surface area contributed by atoms with E-state index in [4.69, 9.17) is 16.3 Å². The zero-order chi connectivity index (χ0) is 17.4. The zero-order valence-corrected chi connectivity index (χ0v) is 14.8. The highest BCUT2D eigenvalue weighted by Gasteiger charge is 2.07. The highest BCUT2D eigenvalue weighted by molar-refractivity contribution is 7.98. The first kappa shape index (κ1) is 18.4. The first-order valence-electron chi connectivity index (χ1n) is 7.41. The maximum absolute atomic E-state index is 11.9. The lowest BCUT2D eigenvalue weighted by molar-refractivity contribution is -0.144. The number of carbonyl (C=O) groups excluding carboxylic acids is 2. The number of nitrogens with one attached hydrogen (secondary N) is 1. The lowest BCUT2D eigenvalue weighted by Gasteiger charge is -2.07. The molecule has 0 unspecified atom stereocenters.